The fourth-order valence-corrected chi connectivity index (χ4v) is 9.66. The molecule has 6 unspecified atom stereocenters. The van der Waals surface area contributed by atoms with Crippen molar-refractivity contribution in [2.45, 2.75) is 18.8 Å². The van der Waals surface area contributed by atoms with Crippen LogP contribution in [0.3, 0.4) is 0 Å². The zero-order valence-corrected chi connectivity index (χ0v) is 31.8. The van der Waals surface area contributed by atoms with Gasteiger partial charge in [-0.25, -0.2) is 0 Å². The molecule has 0 spiro atoms. The number of imide groups is 2. The van der Waals surface area contributed by atoms with Crippen molar-refractivity contribution in [2.75, 3.05) is 16.9 Å². The Bertz CT molecular complexity index is 2570. The lowest BCUT2D eigenvalue weighted by atomic mass is 9.57. The van der Waals surface area contributed by atoms with Crippen molar-refractivity contribution in [1.29, 1.82) is 0 Å². The van der Waals surface area contributed by atoms with Gasteiger partial charge in [-0.1, -0.05) is 83.9 Å². The first-order valence-electron chi connectivity index (χ1n) is 19.0. The predicted molar refractivity (Wildman–Crippen MR) is 215 cm³/mol. The van der Waals surface area contributed by atoms with Crippen molar-refractivity contribution in [1.82, 2.24) is 0 Å². The number of fused-ring (bicyclic) bond motifs is 4. The zero-order valence-electron chi connectivity index (χ0n) is 31.1. The molecule has 2 aliphatic carbocycles. The maximum Gasteiger partial charge on any atom is 0.238 e. The number of benzene rings is 5. The van der Waals surface area contributed by atoms with Crippen LogP contribution in [-0.2, 0) is 19.2 Å². The van der Waals surface area contributed by atoms with E-state index in [0.717, 1.165) is 10.5 Å². The van der Waals surface area contributed by atoms with Crippen LogP contribution in [0.2, 0.25) is 5.02 Å². The van der Waals surface area contributed by atoms with Crippen LogP contribution >= 0.6 is 11.6 Å². The van der Waals surface area contributed by atoms with Crippen LogP contribution in [0.1, 0.15) is 56.2 Å². The Labute approximate surface area is 338 Å². The zero-order chi connectivity index (χ0) is 40.4. The number of carbonyl (C=O) groups is 6. The molecule has 2 aliphatic heterocycles. The molecule has 11 heteroatoms. The highest BCUT2D eigenvalue weighted by Gasteiger charge is 2.62. The second kappa shape index (κ2) is 14.4. The molecule has 0 bridgehead atoms. The summed E-state index contributed by atoms with van der Waals surface area (Å²) in [6.07, 6.45) is 2.28. The van der Waals surface area contributed by atoms with E-state index < -0.39 is 53.2 Å². The number of methoxy groups -OCH3 is 1. The summed E-state index contributed by atoms with van der Waals surface area (Å²) in [5.41, 5.74) is 3.71. The summed E-state index contributed by atoms with van der Waals surface area (Å²) in [5.74, 6) is -6.94. The van der Waals surface area contributed by atoms with Gasteiger partial charge in [-0.2, -0.15) is 0 Å². The first-order chi connectivity index (χ1) is 28.1. The Morgan fingerprint density at radius 1 is 0.621 bits per heavy atom. The van der Waals surface area contributed by atoms with Crippen LogP contribution < -0.4 is 14.5 Å². The van der Waals surface area contributed by atoms with Gasteiger partial charge in [0, 0.05) is 28.2 Å². The molecule has 5 aromatic rings. The molecular weight excluding hydrogens is 756 g/mol. The molecule has 5 aromatic carbocycles. The minimum absolute atomic E-state index is 0.0119. The summed E-state index contributed by atoms with van der Waals surface area (Å²) in [6, 6.07) is 33.5. The van der Waals surface area contributed by atoms with Gasteiger partial charge in [-0.05, 0) is 85.0 Å². The van der Waals surface area contributed by atoms with E-state index in [0.29, 0.717) is 39.2 Å². The molecule has 1 saturated carbocycles. The van der Waals surface area contributed by atoms with Gasteiger partial charge in [0.1, 0.15) is 0 Å². The van der Waals surface area contributed by atoms with Crippen LogP contribution in [-0.4, -0.2) is 47.4 Å². The second-order valence-corrected chi connectivity index (χ2v) is 15.5. The smallest absolute Gasteiger partial charge is 0.238 e. The van der Waals surface area contributed by atoms with E-state index in [1.165, 1.54) is 12.0 Å². The standard InChI is InChI=1S/C47H35ClN2O8/c1-58-37-23-29(22-36(48)43(37)53)38-32-20-21-33-39(46(56)49(44(33)54)30-16-12-27(13-17-30)41(51)25-8-4-2-5-9-25)34(32)24-35-40(38)47(57)50(45(35)55)31-18-14-28(15-19-31)42(52)26-10-6-3-7-11-26/h2-20,22-23,33-35,38-40,53H,21,24H2,1H3. The normalized spacial score (nSPS) is 23.6. The summed E-state index contributed by atoms with van der Waals surface area (Å²) in [6.45, 7) is 0. The lowest BCUT2D eigenvalue weighted by Crippen LogP contribution is -2.43. The Balaban J connectivity index is 1.07. The summed E-state index contributed by atoms with van der Waals surface area (Å²) in [7, 11) is 1.38. The van der Waals surface area contributed by atoms with E-state index in [-0.39, 0.29) is 46.8 Å². The van der Waals surface area contributed by atoms with Crippen molar-refractivity contribution < 1.29 is 38.6 Å². The molecule has 9 rings (SSSR count). The number of rotatable bonds is 8. The van der Waals surface area contributed by atoms with Gasteiger partial charge in [-0.15, -0.1) is 0 Å². The van der Waals surface area contributed by atoms with Gasteiger partial charge < -0.3 is 9.84 Å². The van der Waals surface area contributed by atoms with Crippen molar-refractivity contribution in [3.63, 3.8) is 0 Å². The Hall–Kier alpha value is -6.65. The maximum absolute atomic E-state index is 14.6. The Kier molecular flexibility index (Phi) is 9.16. The van der Waals surface area contributed by atoms with E-state index in [1.54, 1.807) is 109 Å². The molecule has 10 nitrogen and oxygen atoms in total. The lowest BCUT2D eigenvalue weighted by Gasteiger charge is -2.44. The molecule has 4 aliphatic rings. The molecule has 2 saturated heterocycles. The monoisotopic (exact) mass is 790 g/mol. The predicted octanol–water partition coefficient (Wildman–Crippen LogP) is 7.56. The largest absolute Gasteiger partial charge is 0.503 e. The fourth-order valence-electron chi connectivity index (χ4n) is 9.44. The summed E-state index contributed by atoms with van der Waals surface area (Å²) < 4.78 is 5.45. The first kappa shape index (κ1) is 37.0. The number of amides is 4. The minimum atomic E-state index is -0.902. The van der Waals surface area contributed by atoms with Crippen LogP contribution in [0.15, 0.2) is 133 Å². The van der Waals surface area contributed by atoms with E-state index in [1.807, 2.05) is 18.2 Å². The van der Waals surface area contributed by atoms with Gasteiger partial charge in [0.05, 0.1) is 47.2 Å². The number of allylic oxidation sites excluding steroid dienone is 2. The number of hydrogen-bond donors (Lipinski definition) is 1. The van der Waals surface area contributed by atoms with Crippen LogP contribution in [0.5, 0.6) is 11.5 Å². The fraction of sp³-hybridized carbons (Fsp3) is 0.191. The third kappa shape index (κ3) is 5.86. The highest BCUT2D eigenvalue weighted by atomic mass is 35.5. The molecule has 3 fully saturated rings. The summed E-state index contributed by atoms with van der Waals surface area (Å²) >= 11 is 6.53. The van der Waals surface area contributed by atoms with Crippen molar-refractivity contribution in [3.05, 3.63) is 166 Å². The number of ketones is 2. The summed E-state index contributed by atoms with van der Waals surface area (Å²) in [4.78, 5) is 86.4. The summed E-state index contributed by atoms with van der Waals surface area (Å²) in [5, 5.41) is 10.6. The third-order valence-electron chi connectivity index (χ3n) is 12.1. The van der Waals surface area contributed by atoms with E-state index >= 15 is 0 Å². The molecule has 4 amide bonds. The molecular formula is C47H35ClN2O8. The number of phenols is 1. The van der Waals surface area contributed by atoms with E-state index in [4.69, 9.17) is 16.3 Å². The Morgan fingerprint density at radius 3 is 1.62 bits per heavy atom. The third-order valence-corrected chi connectivity index (χ3v) is 12.4. The highest BCUT2D eigenvalue weighted by molar-refractivity contribution is 6.32. The number of nitrogens with zero attached hydrogens (tertiary/aromatic N) is 2. The Morgan fingerprint density at radius 2 is 1.10 bits per heavy atom. The van der Waals surface area contributed by atoms with Gasteiger partial charge >= 0.3 is 0 Å². The highest BCUT2D eigenvalue weighted by Crippen LogP contribution is 2.59. The van der Waals surface area contributed by atoms with Crippen LogP contribution in [0.25, 0.3) is 0 Å². The van der Waals surface area contributed by atoms with E-state index in [9.17, 15) is 33.9 Å². The van der Waals surface area contributed by atoms with Crippen molar-refractivity contribution in [3.8, 4) is 11.5 Å². The number of hydrogen-bond acceptors (Lipinski definition) is 8. The number of ether oxygens (including phenoxy) is 1. The van der Waals surface area contributed by atoms with E-state index in [2.05, 4.69) is 0 Å². The van der Waals surface area contributed by atoms with Gasteiger partial charge in [-0.3, -0.25) is 38.6 Å². The molecule has 1 N–H and O–H groups in total. The SMILES string of the molecule is COc1cc(C2C3=CCC4C(=O)N(c5ccc(C(=O)c6ccccc6)cc5)C(=O)C4C3CC3C(=O)N(c4ccc(C(=O)c5ccccc5)cc4)C(=O)C32)cc(Cl)c1O. The first-order valence-corrected chi connectivity index (χ1v) is 19.4. The van der Waals surface area contributed by atoms with Gasteiger partial charge in [0.15, 0.2) is 23.1 Å². The number of carbonyl (C=O) groups excluding carboxylic acids is 6. The number of phenolic OH excluding ortho intramolecular Hbond substituents is 1. The molecule has 288 valence electrons. The van der Waals surface area contributed by atoms with Gasteiger partial charge in [0.25, 0.3) is 0 Å². The average molecular weight is 791 g/mol. The second-order valence-electron chi connectivity index (χ2n) is 15.1. The van der Waals surface area contributed by atoms with Crippen molar-refractivity contribution >= 4 is 58.2 Å². The molecule has 58 heavy (non-hydrogen) atoms. The average Bonchev–Trinajstić information content (AvgIpc) is 3.67. The van der Waals surface area contributed by atoms with Crippen LogP contribution in [0.4, 0.5) is 11.4 Å². The molecule has 0 aromatic heterocycles. The number of aromatic hydroxyl groups is 1. The molecule has 0 radical (unpaired) electrons. The minimum Gasteiger partial charge on any atom is -0.503 e. The molecule has 6 atom stereocenters. The quantitative estimate of drug-likeness (QED) is 0.0966. The topological polar surface area (TPSA) is 138 Å². The molecule has 2 heterocycles. The lowest BCUT2D eigenvalue weighted by molar-refractivity contribution is -0.126. The maximum atomic E-state index is 14.6. The van der Waals surface area contributed by atoms with Gasteiger partial charge in [0.2, 0.25) is 23.6 Å². The number of anilines is 2. The van der Waals surface area contributed by atoms with Crippen LogP contribution in [0, 0.1) is 29.6 Å². The number of halogens is 1. The van der Waals surface area contributed by atoms with Crippen molar-refractivity contribution in [2.24, 2.45) is 29.6 Å².